The van der Waals surface area contributed by atoms with Crippen LogP contribution in [0, 0.1) is 0 Å². The molecule has 0 saturated heterocycles. The Morgan fingerprint density at radius 1 is 1.62 bits per heavy atom. The van der Waals surface area contributed by atoms with Crippen LogP contribution in [0.2, 0.25) is 0 Å². The molecule has 0 unspecified atom stereocenters. The first-order valence-electron chi connectivity index (χ1n) is 3.58. The third-order valence-corrected chi connectivity index (χ3v) is 1.47. The van der Waals surface area contributed by atoms with Gasteiger partial charge in [-0.2, -0.15) is 0 Å². The van der Waals surface area contributed by atoms with E-state index in [1.165, 1.54) is 0 Å². The minimum atomic E-state index is -0.999. The van der Waals surface area contributed by atoms with Crippen molar-refractivity contribution in [2.45, 2.75) is 12.5 Å². The Kier molecular flexibility index (Phi) is 5.03. The highest BCUT2D eigenvalue weighted by molar-refractivity contribution is 5.85. The Labute approximate surface area is 82.2 Å². The second-order valence-corrected chi connectivity index (χ2v) is 2.47. The molecule has 4 nitrogen and oxygen atoms in total. The van der Waals surface area contributed by atoms with E-state index in [2.05, 4.69) is 4.98 Å². The lowest BCUT2D eigenvalue weighted by molar-refractivity contribution is -0.138. The number of nitrogens with zero attached hydrogens (tertiary/aromatic N) is 1. The molecule has 5 heteroatoms. The van der Waals surface area contributed by atoms with Crippen molar-refractivity contribution < 1.29 is 9.90 Å². The molecule has 1 aromatic heterocycles. The third-order valence-electron chi connectivity index (χ3n) is 1.47. The van der Waals surface area contributed by atoms with Gasteiger partial charge in [0, 0.05) is 18.3 Å². The van der Waals surface area contributed by atoms with Crippen molar-refractivity contribution in [3.05, 3.63) is 30.1 Å². The highest BCUT2D eigenvalue weighted by Crippen LogP contribution is 1.97. The fourth-order valence-corrected chi connectivity index (χ4v) is 0.831. The summed E-state index contributed by atoms with van der Waals surface area (Å²) in [6, 6.07) is 4.47. The number of carboxylic acids is 1. The molecule has 0 aliphatic heterocycles. The monoisotopic (exact) mass is 202 g/mol. The first-order valence-corrected chi connectivity index (χ1v) is 3.58. The average molecular weight is 203 g/mol. The predicted molar refractivity (Wildman–Crippen MR) is 50.8 cm³/mol. The number of aliphatic carboxylic acids is 1. The van der Waals surface area contributed by atoms with E-state index in [0.717, 1.165) is 0 Å². The van der Waals surface area contributed by atoms with Crippen LogP contribution in [-0.4, -0.2) is 22.1 Å². The van der Waals surface area contributed by atoms with Crippen molar-refractivity contribution in [1.82, 2.24) is 4.98 Å². The molecular formula is C8H11ClN2O2. The van der Waals surface area contributed by atoms with E-state index in [0.29, 0.717) is 5.69 Å². The Morgan fingerprint density at radius 2 is 2.31 bits per heavy atom. The molecule has 0 spiro atoms. The van der Waals surface area contributed by atoms with E-state index < -0.39 is 12.0 Å². The molecule has 1 rings (SSSR count). The molecule has 0 bridgehead atoms. The molecule has 1 aromatic rings. The van der Waals surface area contributed by atoms with E-state index in [1.807, 2.05) is 0 Å². The molecule has 0 amide bonds. The maximum Gasteiger partial charge on any atom is 0.320 e. The van der Waals surface area contributed by atoms with E-state index >= 15 is 0 Å². The Bertz CT molecular complexity index is 266. The van der Waals surface area contributed by atoms with Gasteiger partial charge in [0.2, 0.25) is 0 Å². The minimum Gasteiger partial charge on any atom is -0.480 e. The van der Waals surface area contributed by atoms with Crippen LogP contribution in [0.25, 0.3) is 0 Å². The van der Waals surface area contributed by atoms with Gasteiger partial charge in [-0.15, -0.1) is 12.4 Å². The molecule has 0 aliphatic carbocycles. The fraction of sp³-hybridized carbons (Fsp3) is 0.250. The lowest BCUT2D eigenvalue weighted by Gasteiger charge is -2.03. The third kappa shape index (κ3) is 3.87. The number of rotatable bonds is 3. The summed E-state index contributed by atoms with van der Waals surface area (Å²) in [6.45, 7) is 0. The Hall–Kier alpha value is -1.13. The smallest absolute Gasteiger partial charge is 0.320 e. The van der Waals surface area contributed by atoms with Crippen LogP contribution >= 0.6 is 12.4 Å². The van der Waals surface area contributed by atoms with Gasteiger partial charge in [-0.1, -0.05) is 6.07 Å². The van der Waals surface area contributed by atoms with Gasteiger partial charge >= 0.3 is 5.97 Å². The van der Waals surface area contributed by atoms with Crippen molar-refractivity contribution >= 4 is 18.4 Å². The first kappa shape index (κ1) is 11.9. The second-order valence-electron chi connectivity index (χ2n) is 2.47. The molecule has 72 valence electrons. The van der Waals surface area contributed by atoms with E-state index in [-0.39, 0.29) is 18.8 Å². The van der Waals surface area contributed by atoms with Gasteiger partial charge < -0.3 is 10.8 Å². The summed E-state index contributed by atoms with van der Waals surface area (Å²) < 4.78 is 0. The zero-order valence-electron chi connectivity index (χ0n) is 6.88. The summed E-state index contributed by atoms with van der Waals surface area (Å²) in [4.78, 5) is 14.3. The average Bonchev–Trinajstić information content (AvgIpc) is 2.06. The summed E-state index contributed by atoms with van der Waals surface area (Å²) in [5.41, 5.74) is 6.01. The van der Waals surface area contributed by atoms with Crippen molar-refractivity contribution in [3.8, 4) is 0 Å². The molecule has 1 atom stereocenters. The SMILES string of the molecule is Cl.N[C@@H](Cc1ccccn1)C(=O)O. The van der Waals surface area contributed by atoms with Crippen LogP contribution in [0.1, 0.15) is 5.69 Å². The van der Waals surface area contributed by atoms with Crippen LogP contribution in [0.5, 0.6) is 0 Å². The molecular weight excluding hydrogens is 192 g/mol. The summed E-state index contributed by atoms with van der Waals surface area (Å²) >= 11 is 0. The quantitative estimate of drug-likeness (QED) is 0.747. The Balaban J connectivity index is 0.00000144. The maximum atomic E-state index is 10.4. The summed E-state index contributed by atoms with van der Waals surface area (Å²) in [7, 11) is 0. The number of halogens is 1. The van der Waals surface area contributed by atoms with Gasteiger partial charge in [-0.25, -0.2) is 0 Å². The van der Waals surface area contributed by atoms with Gasteiger partial charge in [0.15, 0.2) is 0 Å². The number of hydrogen-bond donors (Lipinski definition) is 2. The fourth-order valence-electron chi connectivity index (χ4n) is 0.831. The number of carboxylic acid groups (broad SMARTS) is 1. The van der Waals surface area contributed by atoms with Crippen LogP contribution in [0.3, 0.4) is 0 Å². The van der Waals surface area contributed by atoms with Crippen molar-refractivity contribution in [2.75, 3.05) is 0 Å². The number of pyridine rings is 1. The topological polar surface area (TPSA) is 76.2 Å². The molecule has 3 N–H and O–H groups in total. The van der Waals surface area contributed by atoms with Crippen LogP contribution in [0.4, 0.5) is 0 Å². The van der Waals surface area contributed by atoms with Gasteiger partial charge in [0.05, 0.1) is 0 Å². The first-order chi connectivity index (χ1) is 5.70. The zero-order chi connectivity index (χ0) is 8.97. The maximum absolute atomic E-state index is 10.4. The summed E-state index contributed by atoms with van der Waals surface area (Å²) in [5, 5.41) is 8.49. The van der Waals surface area contributed by atoms with Gasteiger partial charge in [0.25, 0.3) is 0 Å². The van der Waals surface area contributed by atoms with Crippen LogP contribution in [0.15, 0.2) is 24.4 Å². The summed E-state index contributed by atoms with van der Waals surface area (Å²) in [6.07, 6.45) is 1.89. The molecule has 0 radical (unpaired) electrons. The van der Waals surface area contributed by atoms with Gasteiger partial charge in [-0.3, -0.25) is 9.78 Å². The van der Waals surface area contributed by atoms with E-state index in [4.69, 9.17) is 10.8 Å². The van der Waals surface area contributed by atoms with E-state index in [9.17, 15) is 4.79 Å². The molecule has 1 heterocycles. The van der Waals surface area contributed by atoms with E-state index in [1.54, 1.807) is 24.4 Å². The molecule has 13 heavy (non-hydrogen) atoms. The molecule has 0 aliphatic rings. The molecule has 0 saturated carbocycles. The number of carbonyl (C=O) groups is 1. The van der Waals surface area contributed by atoms with Crippen molar-refractivity contribution in [2.24, 2.45) is 5.73 Å². The standard InChI is InChI=1S/C8H10N2O2.ClH/c9-7(8(11)12)5-6-3-1-2-4-10-6;/h1-4,7H,5,9H2,(H,11,12);1H/t7-;/m0./s1. The van der Waals surface area contributed by atoms with Crippen LogP contribution in [-0.2, 0) is 11.2 Å². The van der Waals surface area contributed by atoms with Gasteiger partial charge in [-0.05, 0) is 12.1 Å². The molecule has 0 aromatic carbocycles. The highest BCUT2D eigenvalue weighted by Gasteiger charge is 2.11. The number of aromatic nitrogens is 1. The highest BCUT2D eigenvalue weighted by atomic mass is 35.5. The van der Waals surface area contributed by atoms with Gasteiger partial charge in [0.1, 0.15) is 6.04 Å². The summed E-state index contributed by atoms with van der Waals surface area (Å²) in [5.74, 6) is -0.999. The second kappa shape index (κ2) is 5.50. The molecule has 0 fully saturated rings. The minimum absolute atomic E-state index is 0. The normalized spacial score (nSPS) is 11.5. The number of hydrogen-bond acceptors (Lipinski definition) is 3. The van der Waals surface area contributed by atoms with Crippen molar-refractivity contribution in [3.63, 3.8) is 0 Å². The predicted octanol–water partition coefficient (Wildman–Crippen LogP) is 0.458. The number of nitrogens with two attached hydrogens (primary N) is 1. The Morgan fingerprint density at radius 3 is 2.77 bits per heavy atom. The lowest BCUT2D eigenvalue weighted by Crippen LogP contribution is -2.32. The zero-order valence-corrected chi connectivity index (χ0v) is 7.70. The lowest BCUT2D eigenvalue weighted by atomic mass is 10.1. The van der Waals surface area contributed by atoms with Crippen molar-refractivity contribution in [1.29, 1.82) is 0 Å². The van der Waals surface area contributed by atoms with Crippen LogP contribution < -0.4 is 5.73 Å². The largest absolute Gasteiger partial charge is 0.480 e.